The van der Waals surface area contributed by atoms with Gasteiger partial charge in [0, 0.05) is 12.1 Å². The van der Waals surface area contributed by atoms with E-state index in [4.69, 9.17) is 32.7 Å². The SMILES string of the molecule is Cc1ccc(Oc2ccc(NC(=O)CCC(=O)OCC(=O)Nc3cccc(Cl)c3Cl)cc2)cc1C. The van der Waals surface area contributed by atoms with Gasteiger partial charge < -0.3 is 20.1 Å². The van der Waals surface area contributed by atoms with Crippen LogP contribution in [0.25, 0.3) is 0 Å². The number of nitrogens with one attached hydrogen (secondary N) is 2. The van der Waals surface area contributed by atoms with Crippen LogP contribution in [0.15, 0.2) is 60.7 Å². The topological polar surface area (TPSA) is 93.7 Å². The summed E-state index contributed by atoms with van der Waals surface area (Å²) in [5.74, 6) is -0.250. The number of carbonyl (C=O) groups excluding carboxylic acids is 3. The number of carbonyl (C=O) groups is 3. The molecule has 0 atom stereocenters. The molecule has 182 valence electrons. The summed E-state index contributed by atoms with van der Waals surface area (Å²) in [5.41, 5.74) is 3.19. The zero-order valence-corrected chi connectivity index (χ0v) is 20.7. The highest BCUT2D eigenvalue weighted by Gasteiger charge is 2.13. The van der Waals surface area contributed by atoms with E-state index in [1.807, 2.05) is 32.0 Å². The first-order chi connectivity index (χ1) is 16.7. The summed E-state index contributed by atoms with van der Waals surface area (Å²) < 4.78 is 10.7. The molecule has 0 aliphatic heterocycles. The molecule has 3 aromatic carbocycles. The average molecular weight is 515 g/mol. The van der Waals surface area contributed by atoms with Crippen LogP contribution >= 0.6 is 23.2 Å². The van der Waals surface area contributed by atoms with E-state index < -0.39 is 18.5 Å². The molecule has 0 saturated carbocycles. The van der Waals surface area contributed by atoms with Gasteiger partial charge in [-0.1, -0.05) is 35.3 Å². The molecule has 0 aliphatic carbocycles. The van der Waals surface area contributed by atoms with Crippen LogP contribution < -0.4 is 15.4 Å². The Morgan fingerprint density at radius 2 is 1.51 bits per heavy atom. The zero-order valence-electron chi connectivity index (χ0n) is 19.2. The normalized spacial score (nSPS) is 10.4. The lowest BCUT2D eigenvalue weighted by Crippen LogP contribution is -2.22. The van der Waals surface area contributed by atoms with Gasteiger partial charge in [-0.15, -0.1) is 0 Å². The van der Waals surface area contributed by atoms with Crippen molar-refractivity contribution in [3.05, 3.63) is 81.8 Å². The Kier molecular flexibility index (Phi) is 9.11. The molecule has 0 spiro atoms. The van der Waals surface area contributed by atoms with Crippen molar-refractivity contribution in [2.45, 2.75) is 26.7 Å². The third kappa shape index (κ3) is 8.02. The van der Waals surface area contributed by atoms with Gasteiger partial charge in [0.2, 0.25) is 5.91 Å². The summed E-state index contributed by atoms with van der Waals surface area (Å²) in [6.45, 7) is 3.54. The molecule has 0 aliphatic rings. The maximum atomic E-state index is 12.2. The molecule has 2 amide bonds. The van der Waals surface area contributed by atoms with E-state index in [9.17, 15) is 14.4 Å². The molecule has 35 heavy (non-hydrogen) atoms. The Morgan fingerprint density at radius 1 is 0.800 bits per heavy atom. The molecule has 7 nitrogen and oxygen atoms in total. The van der Waals surface area contributed by atoms with Crippen LogP contribution in [-0.2, 0) is 19.1 Å². The summed E-state index contributed by atoms with van der Waals surface area (Å²) in [5, 5.41) is 5.69. The molecule has 3 rings (SSSR count). The highest BCUT2D eigenvalue weighted by Crippen LogP contribution is 2.29. The van der Waals surface area contributed by atoms with E-state index in [0.29, 0.717) is 17.1 Å². The van der Waals surface area contributed by atoms with Crippen molar-refractivity contribution in [1.82, 2.24) is 0 Å². The molecule has 0 radical (unpaired) electrons. The molecule has 2 N–H and O–H groups in total. The second-order valence-corrected chi connectivity index (χ2v) is 8.52. The van der Waals surface area contributed by atoms with Crippen LogP contribution in [0, 0.1) is 13.8 Å². The second-order valence-electron chi connectivity index (χ2n) is 7.73. The van der Waals surface area contributed by atoms with Gasteiger partial charge in [0.05, 0.1) is 22.2 Å². The summed E-state index contributed by atoms with van der Waals surface area (Å²) in [6.07, 6.45) is -0.271. The van der Waals surface area contributed by atoms with Crippen molar-refractivity contribution in [2.75, 3.05) is 17.2 Å². The fraction of sp³-hybridized carbons (Fsp3) is 0.192. The van der Waals surface area contributed by atoms with Crippen LogP contribution in [0.5, 0.6) is 11.5 Å². The van der Waals surface area contributed by atoms with E-state index in [2.05, 4.69) is 10.6 Å². The van der Waals surface area contributed by atoms with Gasteiger partial charge >= 0.3 is 5.97 Å². The number of amides is 2. The second kappa shape index (κ2) is 12.2. The van der Waals surface area contributed by atoms with Gasteiger partial charge in [0.15, 0.2) is 6.61 Å². The van der Waals surface area contributed by atoms with Crippen molar-refractivity contribution in [3.63, 3.8) is 0 Å². The first-order valence-electron chi connectivity index (χ1n) is 10.8. The molecule has 0 unspecified atom stereocenters. The maximum absolute atomic E-state index is 12.2. The number of rotatable bonds is 9. The summed E-state index contributed by atoms with van der Waals surface area (Å²) in [6, 6.07) is 17.5. The van der Waals surface area contributed by atoms with E-state index in [-0.39, 0.29) is 28.8 Å². The number of esters is 1. The van der Waals surface area contributed by atoms with E-state index in [0.717, 1.165) is 11.3 Å². The summed E-state index contributed by atoms with van der Waals surface area (Å²) in [4.78, 5) is 36.0. The van der Waals surface area contributed by atoms with Gasteiger partial charge in [-0.05, 0) is 73.5 Å². The number of ether oxygens (including phenoxy) is 2. The van der Waals surface area contributed by atoms with Crippen molar-refractivity contribution >= 4 is 52.4 Å². The van der Waals surface area contributed by atoms with Crippen LogP contribution in [-0.4, -0.2) is 24.4 Å². The van der Waals surface area contributed by atoms with Crippen molar-refractivity contribution in [2.24, 2.45) is 0 Å². The summed E-state index contributed by atoms with van der Waals surface area (Å²) >= 11 is 11.9. The van der Waals surface area contributed by atoms with Gasteiger partial charge in [-0.2, -0.15) is 0 Å². The van der Waals surface area contributed by atoms with E-state index in [1.54, 1.807) is 42.5 Å². The van der Waals surface area contributed by atoms with Crippen molar-refractivity contribution in [3.8, 4) is 11.5 Å². The zero-order chi connectivity index (χ0) is 25.4. The quantitative estimate of drug-likeness (QED) is 0.326. The summed E-state index contributed by atoms with van der Waals surface area (Å²) in [7, 11) is 0. The number of aryl methyl sites for hydroxylation is 2. The van der Waals surface area contributed by atoms with Crippen LogP contribution in [0.2, 0.25) is 10.0 Å². The Morgan fingerprint density at radius 3 is 2.23 bits per heavy atom. The first-order valence-corrected chi connectivity index (χ1v) is 11.5. The minimum Gasteiger partial charge on any atom is -0.457 e. The van der Waals surface area contributed by atoms with Gasteiger partial charge in [0.1, 0.15) is 11.5 Å². The predicted molar refractivity (Wildman–Crippen MR) is 136 cm³/mol. The number of benzene rings is 3. The van der Waals surface area contributed by atoms with Crippen LogP contribution in [0.3, 0.4) is 0 Å². The van der Waals surface area contributed by atoms with Gasteiger partial charge in [-0.25, -0.2) is 0 Å². The number of hydrogen-bond donors (Lipinski definition) is 2. The molecule has 0 bridgehead atoms. The van der Waals surface area contributed by atoms with Crippen molar-refractivity contribution < 1.29 is 23.9 Å². The molecular weight excluding hydrogens is 491 g/mol. The lowest BCUT2D eigenvalue weighted by atomic mass is 10.1. The largest absolute Gasteiger partial charge is 0.457 e. The lowest BCUT2D eigenvalue weighted by molar-refractivity contribution is -0.147. The number of anilines is 2. The fourth-order valence-corrected chi connectivity index (χ4v) is 3.31. The number of halogens is 2. The Hall–Kier alpha value is -3.55. The molecule has 9 heteroatoms. The van der Waals surface area contributed by atoms with Crippen molar-refractivity contribution in [1.29, 1.82) is 0 Å². The van der Waals surface area contributed by atoms with Gasteiger partial charge in [-0.3, -0.25) is 14.4 Å². The molecule has 0 heterocycles. The molecule has 0 aromatic heterocycles. The van der Waals surface area contributed by atoms with E-state index in [1.165, 1.54) is 5.56 Å². The van der Waals surface area contributed by atoms with Gasteiger partial charge in [0.25, 0.3) is 5.91 Å². The third-order valence-corrected chi connectivity index (χ3v) is 5.82. The molecular formula is C26H24Cl2N2O5. The minimum atomic E-state index is -0.676. The predicted octanol–water partition coefficient (Wildman–Crippen LogP) is 6.30. The smallest absolute Gasteiger partial charge is 0.306 e. The number of hydrogen-bond acceptors (Lipinski definition) is 5. The highest BCUT2D eigenvalue weighted by atomic mass is 35.5. The Bertz CT molecular complexity index is 1230. The lowest BCUT2D eigenvalue weighted by Gasteiger charge is -2.10. The molecule has 3 aromatic rings. The van der Waals surface area contributed by atoms with Crippen LogP contribution in [0.4, 0.5) is 11.4 Å². The maximum Gasteiger partial charge on any atom is 0.306 e. The average Bonchev–Trinajstić information content (AvgIpc) is 2.83. The Balaban J connectivity index is 1.39. The Labute approximate surface area is 213 Å². The minimum absolute atomic E-state index is 0.0958. The monoisotopic (exact) mass is 514 g/mol. The highest BCUT2D eigenvalue weighted by molar-refractivity contribution is 6.44. The molecule has 0 saturated heterocycles. The van der Waals surface area contributed by atoms with Crippen LogP contribution in [0.1, 0.15) is 24.0 Å². The fourth-order valence-electron chi connectivity index (χ4n) is 2.96. The standard InChI is InChI=1S/C26H24Cl2N2O5/c1-16-6-9-20(14-17(16)2)35-19-10-7-18(8-11-19)29-23(31)12-13-25(33)34-15-24(32)30-22-5-3-4-21(27)26(22)28/h3-11,14H,12-13,15H2,1-2H3,(H,29,31)(H,30,32). The molecule has 0 fully saturated rings. The van der Waals surface area contributed by atoms with E-state index >= 15 is 0 Å². The third-order valence-electron chi connectivity index (χ3n) is 5.00. The first kappa shape index (κ1) is 26.1.